The van der Waals surface area contributed by atoms with E-state index in [1.54, 1.807) is 6.92 Å². The molecule has 0 heterocycles. The third kappa shape index (κ3) is 4.97. The van der Waals surface area contributed by atoms with Crippen LogP contribution in [0.2, 0.25) is 0 Å². The van der Waals surface area contributed by atoms with Gasteiger partial charge in [0.15, 0.2) is 0 Å². The summed E-state index contributed by atoms with van der Waals surface area (Å²) >= 11 is 0. The molecular weight excluding hydrogens is 318 g/mol. The minimum atomic E-state index is -0.783. The number of carboxylic acids is 1. The second-order valence-corrected chi connectivity index (χ2v) is 6.22. The molecule has 0 radical (unpaired) electrons. The molecule has 0 bridgehead atoms. The molecule has 0 amide bonds. The molecule has 1 atom stereocenters. The van der Waals surface area contributed by atoms with Gasteiger partial charge >= 0.3 is 5.97 Å². The Morgan fingerprint density at radius 3 is 2.28 bits per heavy atom. The monoisotopic (exact) mass is 341 g/mol. The van der Waals surface area contributed by atoms with Crippen molar-refractivity contribution in [1.82, 2.24) is 4.90 Å². The molecule has 0 spiro atoms. The van der Waals surface area contributed by atoms with Gasteiger partial charge in [-0.1, -0.05) is 18.2 Å². The normalized spacial score (nSPS) is 15.0. The number of ether oxygens (including phenoxy) is 2. The lowest BCUT2D eigenvalue weighted by Gasteiger charge is -2.25. The van der Waals surface area contributed by atoms with Crippen LogP contribution in [-0.4, -0.2) is 41.2 Å². The van der Waals surface area contributed by atoms with Gasteiger partial charge in [-0.05, 0) is 56.2 Å². The predicted molar refractivity (Wildman–Crippen MR) is 95.3 cm³/mol. The molecule has 5 nitrogen and oxygen atoms in total. The Bertz CT molecular complexity index is 683. The van der Waals surface area contributed by atoms with Crippen LogP contribution >= 0.6 is 0 Å². The second kappa shape index (κ2) is 8.03. The minimum absolute atomic E-state index is 0.386. The summed E-state index contributed by atoms with van der Waals surface area (Å²) in [4.78, 5) is 13.2. The molecule has 1 N–H and O–H groups in total. The van der Waals surface area contributed by atoms with Gasteiger partial charge in [-0.2, -0.15) is 0 Å². The van der Waals surface area contributed by atoms with Crippen molar-refractivity contribution in [3.8, 4) is 17.2 Å². The fraction of sp³-hybridized carbons (Fsp3) is 0.350. The van der Waals surface area contributed by atoms with Gasteiger partial charge in [0.05, 0.1) is 0 Å². The number of para-hydroxylation sites is 1. The van der Waals surface area contributed by atoms with E-state index in [-0.39, 0.29) is 0 Å². The van der Waals surface area contributed by atoms with Crippen LogP contribution in [0.5, 0.6) is 17.2 Å². The van der Waals surface area contributed by atoms with Crippen molar-refractivity contribution in [1.29, 1.82) is 0 Å². The Labute approximate surface area is 147 Å². The first-order chi connectivity index (χ1) is 12.1. The molecule has 0 saturated heterocycles. The van der Waals surface area contributed by atoms with E-state index in [2.05, 4.69) is 0 Å². The van der Waals surface area contributed by atoms with E-state index in [4.69, 9.17) is 9.47 Å². The van der Waals surface area contributed by atoms with Gasteiger partial charge in [0.2, 0.25) is 0 Å². The minimum Gasteiger partial charge on any atom is -0.492 e. The Kier molecular flexibility index (Phi) is 5.56. The first-order valence-electron chi connectivity index (χ1n) is 8.58. The van der Waals surface area contributed by atoms with Crippen LogP contribution in [0, 0.1) is 0 Å². The summed E-state index contributed by atoms with van der Waals surface area (Å²) in [6.45, 7) is 2.81. The summed E-state index contributed by atoms with van der Waals surface area (Å²) < 4.78 is 11.5. The first kappa shape index (κ1) is 17.3. The quantitative estimate of drug-likeness (QED) is 0.752. The van der Waals surface area contributed by atoms with Gasteiger partial charge in [-0.15, -0.1) is 0 Å². The Morgan fingerprint density at radius 2 is 1.68 bits per heavy atom. The topological polar surface area (TPSA) is 59.0 Å². The van der Waals surface area contributed by atoms with Crippen molar-refractivity contribution in [3.05, 3.63) is 54.6 Å². The maximum atomic E-state index is 11.2. The van der Waals surface area contributed by atoms with E-state index in [0.29, 0.717) is 19.2 Å². The zero-order valence-electron chi connectivity index (χ0n) is 14.3. The van der Waals surface area contributed by atoms with Crippen LogP contribution < -0.4 is 9.47 Å². The van der Waals surface area contributed by atoms with Gasteiger partial charge in [0.25, 0.3) is 0 Å². The molecule has 1 aliphatic rings. The van der Waals surface area contributed by atoms with E-state index in [0.717, 1.165) is 30.1 Å². The van der Waals surface area contributed by atoms with Crippen LogP contribution in [0.4, 0.5) is 0 Å². The standard InChI is InChI=1S/C20H23NO4/c1-15(20(22)23)21(16-7-8-16)13-14-24-17-9-11-19(12-10-17)25-18-5-3-2-4-6-18/h2-6,9-12,15-16H,7-8,13-14H2,1H3,(H,22,23). The molecule has 1 saturated carbocycles. The van der Waals surface area contributed by atoms with Gasteiger partial charge in [0.1, 0.15) is 29.9 Å². The zero-order valence-corrected chi connectivity index (χ0v) is 14.3. The number of carboxylic acid groups (broad SMARTS) is 1. The molecule has 1 fully saturated rings. The maximum Gasteiger partial charge on any atom is 0.320 e. The van der Waals surface area contributed by atoms with Crippen molar-refractivity contribution in [2.24, 2.45) is 0 Å². The second-order valence-electron chi connectivity index (χ2n) is 6.22. The fourth-order valence-corrected chi connectivity index (χ4v) is 2.74. The van der Waals surface area contributed by atoms with E-state index < -0.39 is 12.0 Å². The molecule has 0 aliphatic heterocycles. The number of hydrogen-bond acceptors (Lipinski definition) is 4. The Morgan fingerprint density at radius 1 is 1.08 bits per heavy atom. The first-order valence-corrected chi connectivity index (χ1v) is 8.58. The third-order valence-electron chi connectivity index (χ3n) is 4.29. The van der Waals surface area contributed by atoms with Crippen molar-refractivity contribution in [2.45, 2.75) is 31.8 Å². The van der Waals surface area contributed by atoms with Crippen LogP contribution in [-0.2, 0) is 4.79 Å². The lowest BCUT2D eigenvalue weighted by atomic mass is 10.2. The molecule has 3 rings (SSSR count). The molecule has 0 aromatic heterocycles. The summed E-state index contributed by atoms with van der Waals surface area (Å²) in [5.74, 6) is 1.50. The summed E-state index contributed by atoms with van der Waals surface area (Å²) in [6, 6.07) is 17.0. The van der Waals surface area contributed by atoms with E-state index in [9.17, 15) is 9.90 Å². The fourth-order valence-electron chi connectivity index (χ4n) is 2.74. The highest BCUT2D eigenvalue weighted by molar-refractivity contribution is 5.73. The molecule has 25 heavy (non-hydrogen) atoms. The Balaban J connectivity index is 1.49. The summed E-state index contributed by atoms with van der Waals surface area (Å²) in [5, 5.41) is 9.20. The number of aliphatic carboxylic acids is 1. The number of rotatable bonds is 9. The Hall–Kier alpha value is -2.53. The zero-order chi connectivity index (χ0) is 17.6. The van der Waals surface area contributed by atoms with Gasteiger partial charge in [-0.3, -0.25) is 9.69 Å². The molecule has 2 aromatic carbocycles. The molecule has 1 unspecified atom stereocenters. The van der Waals surface area contributed by atoms with Crippen LogP contribution in [0.15, 0.2) is 54.6 Å². The third-order valence-corrected chi connectivity index (χ3v) is 4.29. The van der Waals surface area contributed by atoms with Crippen LogP contribution in [0.25, 0.3) is 0 Å². The lowest BCUT2D eigenvalue weighted by molar-refractivity contribution is -0.143. The largest absolute Gasteiger partial charge is 0.492 e. The molecular formula is C20H23NO4. The van der Waals surface area contributed by atoms with E-state index in [1.165, 1.54) is 0 Å². The van der Waals surface area contributed by atoms with Crippen LogP contribution in [0.3, 0.4) is 0 Å². The smallest absolute Gasteiger partial charge is 0.320 e. The molecule has 5 heteroatoms. The highest BCUT2D eigenvalue weighted by Gasteiger charge is 2.34. The van der Waals surface area contributed by atoms with Crippen LogP contribution in [0.1, 0.15) is 19.8 Å². The molecule has 132 valence electrons. The van der Waals surface area contributed by atoms with Crippen molar-refractivity contribution >= 4 is 5.97 Å². The molecule has 2 aromatic rings. The highest BCUT2D eigenvalue weighted by Crippen LogP contribution is 2.28. The van der Waals surface area contributed by atoms with Crippen molar-refractivity contribution in [2.75, 3.05) is 13.2 Å². The average molecular weight is 341 g/mol. The van der Waals surface area contributed by atoms with E-state index in [1.807, 2.05) is 59.5 Å². The number of hydrogen-bond donors (Lipinski definition) is 1. The lowest BCUT2D eigenvalue weighted by Crippen LogP contribution is -2.42. The van der Waals surface area contributed by atoms with Gasteiger partial charge in [0, 0.05) is 12.6 Å². The summed E-state index contributed by atoms with van der Waals surface area (Å²) in [6.07, 6.45) is 2.15. The SMILES string of the molecule is CC(C(=O)O)N(CCOc1ccc(Oc2ccccc2)cc1)C1CC1. The number of nitrogens with zero attached hydrogens (tertiary/aromatic N) is 1. The summed E-state index contributed by atoms with van der Waals surface area (Å²) in [5.41, 5.74) is 0. The van der Waals surface area contributed by atoms with Gasteiger partial charge in [-0.25, -0.2) is 0 Å². The van der Waals surface area contributed by atoms with Crippen molar-refractivity contribution < 1.29 is 19.4 Å². The van der Waals surface area contributed by atoms with Crippen molar-refractivity contribution in [3.63, 3.8) is 0 Å². The number of benzene rings is 2. The number of carbonyl (C=O) groups is 1. The molecule has 1 aliphatic carbocycles. The van der Waals surface area contributed by atoms with E-state index >= 15 is 0 Å². The summed E-state index contributed by atoms with van der Waals surface area (Å²) in [7, 11) is 0. The average Bonchev–Trinajstić information content (AvgIpc) is 3.45. The maximum absolute atomic E-state index is 11.2. The highest BCUT2D eigenvalue weighted by atomic mass is 16.5. The van der Waals surface area contributed by atoms with Gasteiger partial charge < -0.3 is 14.6 Å². The predicted octanol–water partition coefficient (Wildman–Crippen LogP) is 3.80.